The average molecular weight is 473 g/mol. The minimum atomic E-state index is -1.98. The van der Waals surface area contributed by atoms with E-state index in [9.17, 15) is 4.79 Å². The third-order valence-corrected chi connectivity index (χ3v) is 14.8. The second-order valence-electron chi connectivity index (χ2n) is 9.41. The van der Waals surface area contributed by atoms with E-state index in [1.54, 1.807) is 0 Å². The van der Waals surface area contributed by atoms with Crippen molar-refractivity contribution in [3.05, 3.63) is 35.4 Å². The van der Waals surface area contributed by atoms with Gasteiger partial charge in [0.2, 0.25) is 0 Å². The van der Waals surface area contributed by atoms with Gasteiger partial charge in [0.1, 0.15) is 0 Å². The Bertz CT molecular complexity index is 579. The van der Waals surface area contributed by atoms with Crippen LogP contribution in [0.25, 0.3) is 0 Å². The molecule has 0 radical (unpaired) electrons. The number of rotatable bonds is 12. The SMILES string of the molecule is CCCCP(Br)(CCCC)(CCCC)Cc1ccc(C(=O)OC(C)(C)C)cc1. The van der Waals surface area contributed by atoms with Crippen LogP contribution in [0.15, 0.2) is 24.3 Å². The van der Waals surface area contributed by atoms with Gasteiger partial charge in [-0.1, -0.05) is 0 Å². The van der Waals surface area contributed by atoms with Crippen LogP contribution in [0.2, 0.25) is 0 Å². The van der Waals surface area contributed by atoms with Crippen LogP contribution in [0, 0.1) is 0 Å². The Labute approximate surface area is 181 Å². The second-order valence-corrected chi connectivity index (χ2v) is 20.7. The summed E-state index contributed by atoms with van der Waals surface area (Å²) in [6.07, 6.45) is 12.8. The quantitative estimate of drug-likeness (QED) is 0.225. The van der Waals surface area contributed by atoms with Crippen molar-refractivity contribution in [2.75, 3.05) is 18.5 Å². The van der Waals surface area contributed by atoms with Crippen LogP contribution in [0.1, 0.15) is 96.0 Å². The van der Waals surface area contributed by atoms with Gasteiger partial charge in [-0.2, -0.15) is 0 Å². The standard InChI is InChI=1S/C24H42BrO2P/c1-7-10-17-28(25,18-11-8-2,19-12-9-3)20-21-13-15-22(16-14-21)23(26)27-24(4,5)6/h13-16H,7-12,17-20H2,1-6H3. The van der Waals surface area contributed by atoms with Gasteiger partial charge < -0.3 is 0 Å². The Morgan fingerprint density at radius 1 is 0.893 bits per heavy atom. The average Bonchev–Trinajstić information content (AvgIpc) is 2.63. The molecule has 0 N–H and O–H groups in total. The van der Waals surface area contributed by atoms with E-state index < -0.39 is 10.9 Å². The fourth-order valence-electron chi connectivity index (χ4n) is 3.77. The van der Waals surface area contributed by atoms with Crippen molar-refractivity contribution in [3.63, 3.8) is 0 Å². The van der Waals surface area contributed by atoms with Crippen LogP contribution < -0.4 is 0 Å². The first kappa shape index (κ1) is 25.6. The van der Waals surface area contributed by atoms with Gasteiger partial charge in [0, 0.05) is 0 Å². The van der Waals surface area contributed by atoms with Crippen LogP contribution in [0.5, 0.6) is 0 Å². The van der Waals surface area contributed by atoms with Crippen molar-refractivity contribution >= 4 is 26.8 Å². The number of carbonyl (C=O) groups excluding carboxylic acids is 1. The third kappa shape index (κ3) is 8.54. The monoisotopic (exact) mass is 472 g/mol. The van der Waals surface area contributed by atoms with Crippen LogP contribution in [0.3, 0.4) is 0 Å². The summed E-state index contributed by atoms with van der Waals surface area (Å²) in [5, 5.41) is -1.98. The molecule has 4 heteroatoms. The number of hydrogen-bond donors (Lipinski definition) is 0. The maximum atomic E-state index is 12.3. The van der Waals surface area contributed by atoms with Gasteiger partial charge in [0.05, 0.1) is 0 Å². The number of unbranched alkanes of at least 4 members (excludes halogenated alkanes) is 3. The van der Waals surface area contributed by atoms with E-state index in [0.29, 0.717) is 5.56 Å². The first-order valence-electron chi connectivity index (χ1n) is 11.1. The van der Waals surface area contributed by atoms with Crippen molar-refractivity contribution in [3.8, 4) is 0 Å². The van der Waals surface area contributed by atoms with Gasteiger partial charge in [-0.15, -0.1) is 0 Å². The Morgan fingerprint density at radius 3 is 1.68 bits per heavy atom. The Hall–Kier alpha value is -0.400. The molecule has 1 rings (SSSR count). The van der Waals surface area contributed by atoms with Crippen molar-refractivity contribution in [1.82, 2.24) is 0 Å². The molecule has 0 aliphatic carbocycles. The molecule has 0 aliphatic heterocycles. The molecule has 28 heavy (non-hydrogen) atoms. The zero-order valence-corrected chi connectivity index (χ0v) is 21.5. The first-order valence-corrected chi connectivity index (χ1v) is 16.1. The second kappa shape index (κ2) is 11.1. The van der Waals surface area contributed by atoms with Crippen LogP contribution >= 0.6 is 20.8 Å². The summed E-state index contributed by atoms with van der Waals surface area (Å²) in [6.45, 7) is 12.6. The Balaban J connectivity index is 3.07. The summed E-state index contributed by atoms with van der Waals surface area (Å²) >= 11 is 4.46. The van der Waals surface area contributed by atoms with Gasteiger partial charge in [-0.05, 0) is 0 Å². The molecular weight excluding hydrogens is 431 g/mol. The molecule has 0 unspecified atom stereocenters. The molecular formula is C24H42BrO2P. The fourth-order valence-corrected chi connectivity index (χ4v) is 12.5. The predicted molar refractivity (Wildman–Crippen MR) is 130 cm³/mol. The zero-order chi connectivity index (χ0) is 21.3. The van der Waals surface area contributed by atoms with Crippen LogP contribution in [0.4, 0.5) is 0 Å². The number of carbonyl (C=O) groups is 1. The van der Waals surface area contributed by atoms with Gasteiger partial charge >= 0.3 is 182 Å². The Kier molecular flexibility index (Phi) is 10.2. The van der Waals surface area contributed by atoms with E-state index in [0.717, 1.165) is 6.16 Å². The third-order valence-electron chi connectivity index (χ3n) is 5.38. The molecule has 0 amide bonds. The Morgan fingerprint density at radius 2 is 1.32 bits per heavy atom. The number of hydrogen-bond acceptors (Lipinski definition) is 2. The molecule has 2 nitrogen and oxygen atoms in total. The summed E-state index contributed by atoms with van der Waals surface area (Å²) in [5.41, 5.74) is 1.53. The summed E-state index contributed by atoms with van der Waals surface area (Å²) in [6, 6.07) is 8.17. The van der Waals surface area contributed by atoms with Gasteiger partial charge in [0.25, 0.3) is 0 Å². The van der Waals surface area contributed by atoms with E-state index in [2.05, 4.69) is 48.4 Å². The zero-order valence-electron chi connectivity index (χ0n) is 19.0. The molecule has 0 bridgehead atoms. The van der Waals surface area contributed by atoms with E-state index >= 15 is 0 Å². The summed E-state index contributed by atoms with van der Waals surface area (Å²) < 4.78 is 5.50. The number of benzene rings is 1. The minimum absolute atomic E-state index is 0.238. The van der Waals surface area contributed by atoms with E-state index in [1.165, 1.54) is 62.6 Å². The van der Waals surface area contributed by atoms with Crippen LogP contribution in [-0.2, 0) is 10.9 Å². The molecule has 1 aromatic carbocycles. The van der Waals surface area contributed by atoms with Gasteiger partial charge in [-0.3, -0.25) is 0 Å². The van der Waals surface area contributed by atoms with Gasteiger partial charge in [-0.25, -0.2) is 0 Å². The van der Waals surface area contributed by atoms with Crippen molar-refractivity contribution in [2.24, 2.45) is 0 Å². The van der Waals surface area contributed by atoms with Crippen molar-refractivity contribution in [2.45, 2.75) is 91.8 Å². The molecule has 0 saturated heterocycles. The molecule has 0 heterocycles. The number of ether oxygens (including phenoxy) is 1. The maximum absolute atomic E-state index is 12.3. The van der Waals surface area contributed by atoms with E-state index in [-0.39, 0.29) is 5.97 Å². The molecule has 0 spiro atoms. The van der Waals surface area contributed by atoms with Crippen molar-refractivity contribution in [1.29, 1.82) is 0 Å². The fraction of sp³-hybridized carbons (Fsp3) is 0.708. The summed E-state index contributed by atoms with van der Waals surface area (Å²) in [4.78, 5) is 12.3. The molecule has 0 aliphatic rings. The summed E-state index contributed by atoms with van der Waals surface area (Å²) in [5.74, 6) is -0.238. The first-order chi connectivity index (χ1) is 13.0. The predicted octanol–water partition coefficient (Wildman–Crippen LogP) is 8.41. The van der Waals surface area contributed by atoms with Crippen molar-refractivity contribution < 1.29 is 9.53 Å². The molecule has 0 aromatic heterocycles. The molecule has 0 saturated carbocycles. The summed E-state index contributed by atoms with van der Waals surface area (Å²) in [7, 11) is 0. The molecule has 162 valence electrons. The molecule has 0 fully saturated rings. The molecule has 1 aromatic rings. The number of halogens is 1. The van der Waals surface area contributed by atoms with E-state index in [1.807, 2.05) is 32.9 Å². The van der Waals surface area contributed by atoms with Crippen LogP contribution in [-0.4, -0.2) is 30.1 Å². The molecule has 0 atom stereocenters. The topological polar surface area (TPSA) is 26.3 Å². The number of esters is 1. The normalized spacial score (nSPS) is 13.8. The van der Waals surface area contributed by atoms with E-state index in [4.69, 9.17) is 4.74 Å². The van der Waals surface area contributed by atoms with Gasteiger partial charge in [0.15, 0.2) is 0 Å².